The highest BCUT2D eigenvalue weighted by Crippen LogP contribution is 2.46. The Bertz CT molecular complexity index is 3070. The summed E-state index contributed by atoms with van der Waals surface area (Å²) in [5.74, 6) is 0.685. The number of nitrogens with zero attached hydrogens (tertiary/aromatic N) is 3. The van der Waals surface area contributed by atoms with Gasteiger partial charge in [-0.25, -0.2) is 9.97 Å². The highest BCUT2D eigenvalue weighted by Gasteiger charge is 2.22. The molecule has 4 heterocycles. The van der Waals surface area contributed by atoms with E-state index >= 15 is 0 Å². The largest absolute Gasteiger partial charge is 0.278 e. The highest BCUT2D eigenvalue weighted by molar-refractivity contribution is 7.26. The Kier molecular flexibility index (Phi) is 5.14. The molecule has 0 saturated heterocycles. The number of thiophene rings is 2. The lowest BCUT2D eigenvalue weighted by Crippen LogP contribution is -2.03. The third-order valence-corrected chi connectivity index (χ3v) is 11.9. The molecule has 0 aliphatic heterocycles. The Balaban J connectivity index is 1.37. The first-order valence-corrected chi connectivity index (χ1v) is 17.4. The summed E-state index contributed by atoms with van der Waals surface area (Å²) in [5.41, 5.74) is 5.19. The molecule has 218 valence electrons. The van der Waals surface area contributed by atoms with Crippen molar-refractivity contribution in [2.45, 2.75) is 0 Å². The molecule has 0 spiro atoms. The molecule has 0 bridgehead atoms. The van der Waals surface area contributed by atoms with Crippen LogP contribution in [0.1, 0.15) is 0 Å². The number of fused-ring (bicyclic) bond motifs is 13. The smallest absolute Gasteiger partial charge is 0.235 e. The first-order valence-electron chi connectivity index (χ1n) is 15.8. The molecular weight excluding hydrogens is 611 g/mol. The summed E-state index contributed by atoms with van der Waals surface area (Å²) in [6.07, 6.45) is 0. The predicted octanol–water partition coefficient (Wildman–Crippen LogP) is 12.3. The van der Waals surface area contributed by atoms with Crippen molar-refractivity contribution in [3.63, 3.8) is 0 Å². The van der Waals surface area contributed by atoms with Gasteiger partial charge in [-0.1, -0.05) is 97.1 Å². The van der Waals surface area contributed by atoms with Gasteiger partial charge in [0.1, 0.15) is 0 Å². The minimum atomic E-state index is 0.685. The lowest BCUT2D eigenvalue weighted by atomic mass is 9.98. The molecule has 0 atom stereocenters. The summed E-state index contributed by atoms with van der Waals surface area (Å²) >= 11 is 3.72. The highest BCUT2D eigenvalue weighted by atomic mass is 32.1. The zero-order valence-electron chi connectivity index (χ0n) is 24.9. The normalized spacial score (nSPS) is 12.3. The van der Waals surface area contributed by atoms with E-state index in [-0.39, 0.29) is 0 Å². The topological polar surface area (TPSA) is 30.7 Å². The molecule has 3 nitrogen and oxygen atoms in total. The summed E-state index contributed by atoms with van der Waals surface area (Å²) in [4.78, 5) is 10.6. The Morgan fingerprint density at radius 1 is 0.426 bits per heavy atom. The van der Waals surface area contributed by atoms with Crippen LogP contribution in [0.2, 0.25) is 0 Å². The van der Waals surface area contributed by atoms with Crippen molar-refractivity contribution in [1.29, 1.82) is 0 Å². The van der Waals surface area contributed by atoms with Gasteiger partial charge in [0.25, 0.3) is 0 Å². The minimum Gasteiger partial charge on any atom is -0.278 e. The number of rotatable bonds is 2. The van der Waals surface area contributed by atoms with Crippen LogP contribution in [0.15, 0.2) is 140 Å². The van der Waals surface area contributed by atoms with E-state index in [1.165, 1.54) is 61.9 Å². The van der Waals surface area contributed by atoms with Crippen LogP contribution in [0, 0.1) is 0 Å². The van der Waals surface area contributed by atoms with Crippen molar-refractivity contribution in [2.24, 2.45) is 0 Å². The third kappa shape index (κ3) is 3.55. The Morgan fingerprint density at radius 2 is 1.13 bits per heavy atom. The van der Waals surface area contributed by atoms with Gasteiger partial charge in [-0.2, -0.15) is 0 Å². The molecule has 0 aliphatic rings. The van der Waals surface area contributed by atoms with Crippen LogP contribution in [0.4, 0.5) is 0 Å². The van der Waals surface area contributed by atoms with Crippen LogP contribution < -0.4 is 0 Å². The van der Waals surface area contributed by atoms with Gasteiger partial charge in [-0.3, -0.25) is 4.57 Å². The van der Waals surface area contributed by atoms with Crippen LogP contribution in [-0.2, 0) is 0 Å². The molecule has 47 heavy (non-hydrogen) atoms. The maximum absolute atomic E-state index is 5.38. The molecule has 0 radical (unpaired) electrons. The molecule has 0 saturated carbocycles. The van der Waals surface area contributed by atoms with E-state index < -0.39 is 0 Å². The van der Waals surface area contributed by atoms with Gasteiger partial charge in [0.15, 0.2) is 0 Å². The Hall–Kier alpha value is -5.62. The zero-order chi connectivity index (χ0) is 30.6. The molecular formula is C42H23N3S2. The third-order valence-electron chi connectivity index (χ3n) is 9.59. The first-order chi connectivity index (χ1) is 23.3. The molecule has 0 amide bonds. The van der Waals surface area contributed by atoms with E-state index in [2.05, 4.69) is 144 Å². The van der Waals surface area contributed by atoms with Crippen LogP contribution in [0.3, 0.4) is 0 Å². The number of aromatic nitrogens is 3. The van der Waals surface area contributed by atoms with Crippen LogP contribution >= 0.6 is 22.7 Å². The van der Waals surface area contributed by atoms with Gasteiger partial charge >= 0.3 is 0 Å². The quantitative estimate of drug-likeness (QED) is 0.190. The van der Waals surface area contributed by atoms with Gasteiger partial charge in [-0.05, 0) is 47.9 Å². The monoisotopic (exact) mass is 633 g/mol. The molecule has 4 aromatic heterocycles. The van der Waals surface area contributed by atoms with E-state index in [0.29, 0.717) is 5.95 Å². The molecule has 11 rings (SSSR count). The summed E-state index contributed by atoms with van der Waals surface area (Å²) < 4.78 is 7.49. The van der Waals surface area contributed by atoms with Crippen LogP contribution in [-0.4, -0.2) is 14.5 Å². The van der Waals surface area contributed by atoms with E-state index in [0.717, 1.165) is 33.2 Å². The van der Waals surface area contributed by atoms with E-state index in [4.69, 9.17) is 9.97 Å². The summed E-state index contributed by atoms with van der Waals surface area (Å²) in [6, 6.07) is 50.3. The Morgan fingerprint density at radius 3 is 2.00 bits per heavy atom. The van der Waals surface area contributed by atoms with E-state index in [9.17, 15) is 0 Å². The van der Waals surface area contributed by atoms with Gasteiger partial charge in [-0.15, -0.1) is 22.7 Å². The maximum Gasteiger partial charge on any atom is 0.235 e. The number of hydrogen-bond donors (Lipinski definition) is 0. The lowest BCUT2D eigenvalue weighted by Gasteiger charge is -2.12. The molecule has 0 fully saturated rings. The van der Waals surface area contributed by atoms with Crippen LogP contribution in [0.5, 0.6) is 0 Å². The first kappa shape index (κ1) is 25.6. The second-order valence-electron chi connectivity index (χ2n) is 12.1. The van der Waals surface area contributed by atoms with Crippen molar-refractivity contribution >= 4 is 106 Å². The molecule has 0 aliphatic carbocycles. The number of hydrogen-bond acceptors (Lipinski definition) is 4. The maximum atomic E-state index is 5.38. The van der Waals surface area contributed by atoms with Gasteiger partial charge < -0.3 is 0 Å². The fourth-order valence-electron chi connectivity index (χ4n) is 7.55. The summed E-state index contributed by atoms with van der Waals surface area (Å²) in [5, 5.41) is 11.3. The predicted molar refractivity (Wildman–Crippen MR) is 203 cm³/mol. The summed E-state index contributed by atoms with van der Waals surface area (Å²) in [7, 11) is 0. The van der Waals surface area contributed by atoms with Crippen molar-refractivity contribution in [3.05, 3.63) is 140 Å². The molecule has 0 unspecified atom stereocenters. The molecule has 7 aromatic carbocycles. The fraction of sp³-hybridized carbons (Fsp3) is 0. The minimum absolute atomic E-state index is 0.685. The lowest BCUT2D eigenvalue weighted by molar-refractivity contribution is 1.01. The molecule has 11 aromatic rings. The zero-order valence-corrected chi connectivity index (χ0v) is 26.6. The van der Waals surface area contributed by atoms with Gasteiger partial charge in [0, 0.05) is 67.5 Å². The second-order valence-corrected chi connectivity index (χ2v) is 14.3. The fourth-order valence-corrected chi connectivity index (χ4v) is 9.79. The SMILES string of the molecule is c1ccc(-c2nc(-n3c4cc5sc6ccccc6c5cc4c4c5c(ccc6sc7ccccc7c65)ccc43)nc3ccccc23)cc1. The Labute approximate surface area is 276 Å². The van der Waals surface area contributed by atoms with Crippen molar-refractivity contribution in [3.8, 4) is 17.2 Å². The molecule has 0 N–H and O–H groups in total. The van der Waals surface area contributed by atoms with Gasteiger partial charge in [0.05, 0.1) is 22.2 Å². The average Bonchev–Trinajstić information content (AvgIpc) is 3.79. The van der Waals surface area contributed by atoms with E-state index in [1.807, 2.05) is 22.7 Å². The number of benzene rings is 7. The standard InChI is InChI=1S/C42H23N3S2/c1-2-10-25(11-3-1)41-27-13-4-7-15-31(27)43-42(44-41)45-32-20-18-24-19-21-36-40(28-14-6-9-17-35(28)46-36)38(24)39(32)30-22-29-26-12-5-8-16-34(26)47-37(29)23-33(30)45/h1-23H. The van der Waals surface area contributed by atoms with E-state index in [1.54, 1.807) is 0 Å². The van der Waals surface area contributed by atoms with Crippen molar-refractivity contribution < 1.29 is 0 Å². The summed E-state index contributed by atoms with van der Waals surface area (Å²) in [6.45, 7) is 0. The second kappa shape index (κ2) is 9.46. The number of para-hydroxylation sites is 1. The van der Waals surface area contributed by atoms with Crippen molar-refractivity contribution in [2.75, 3.05) is 0 Å². The van der Waals surface area contributed by atoms with Gasteiger partial charge in [0.2, 0.25) is 5.95 Å². The average molecular weight is 634 g/mol. The van der Waals surface area contributed by atoms with Crippen LogP contribution in [0.25, 0.3) is 101 Å². The van der Waals surface area contributed by atoms with Crippen molar-refractivity contribution in [1.82, 2.24) is 14.5 Å². The molecule has 5 heteroatoms.